The van der Waals surface area contributed by atoms with Crippen LogP contribution in [0.5, 0.6) is 11.5 Å². The van der Waals surface area contributed by atoms with Crippen LogP contribution in [0.15, 0.2) is 42.5 Å². The molecule has 2 aliphatic heterocycles. The van der Waals surface area contributed by atoms with Crippen LogP contribution >= 0.6 is 11.6 Å². The molecule has 1 atom stereocenters. The fourth-order valence-corrected chi connectivity index (χ4v) is 3.83. The summed E-state index contributed by atoms with van der Waals surface area (Å²) in [5, 5.41) is 5.93. The number of carbonyl (C=O) groups is 2. The van der Waals surface area contributed by atoms with Crippen LogP contribution in [0.2, 0.25) is 5.02 Å². The predicted molar refractivity (Wildman–Crippen MR) is 117 cm³/mol. The van der Waals surface area contributed by atoms with Gasteiger partial charge in [-0.2, -0.15) is 0 Å². The highest BCUT2D eigenvalue weighted by molar-refractivity contribution is 6.39. The Morgan fingerprint density at radius 2 is 1.71 bits per heavy atom. The largest absolute Gasteiger partial charge is 0.454 e. The highest BCUT2D eigenvalue weighted by Crippen LogP contribution is 2.35. The number of piperazine rings is 1. The number of nitrogens with one attached hydrogen (secondary N) is 2. The molecule has 0 saturated carbocycles. The van der Waals surface area contributed by atoms with E-state index in [9.17, 15) is 9.59 Å². The summed E-state index contributed by atoms with van der Waals surface area (Å²) in [6.07, 6.45) is 0. The van der Waals surface area contributed by atoms with E-state index in [-0.39, 0.29) is 12.8 Å². The molecule has 0 radical (unpaired) electrons. The first-order valence-corrected chi connectivity index (χ1v) is 10.5. The molecule has 0 aromatic heterocycles. The summed E-state index contributed by atoms with van der Waals surface area (Å²) in [7, 11) is 2.09. The molecule has 0 aliphatic carbocycles. The number of hydrogen-bond acceptors (Lipinski definition) is 6. The first-order chi connectivity index (χ1) is 15.0. The minimum atomic E-state index is -0.717. The zero-order chi connectivity index (χ0) is 21.8. The minimum Gasteiger partial charge on any atom is -0.454 e. The van der Waals surface area contributed by atoms with Gasteiger partial charge in [-0.3, -0.25) is 14.5 Å². The van der Waals surface area contributed by atoms with Gasteiger partial charge >= 0.3 is 11.8 Å². The third-order valence-electron chi connectivity index (χ3n) is 5.52. The normalized spacial score (nSPS) is 17.2. The number of benzene rings is 2. The SMILES string of the molecule is CN1CCN([C@@H](CNC(=O)C(=O)Nc2ccc(Cl)cc2)c2ccc3c(c2)OCO3)CC1. The van der Waals surface area contributed by atoms with E-state index >= 15 is 0 Å². The Bertz CT molecular complexity index is 945. The molecule has 2 amide bonds. The third-order valence-corrected chi connectivity index (χ3v) is 5.78. The summed E-state index contributed by atoms with van der Waals surface area (Å²) < 4.78 is 10.9. The lowest BCUT2D eigenvalue weighted by atomic mass is 10.0. The molecule has 1 saturated heterocycles. The quantitative estimate of drug-likeness (QED) is 0.687. The van der Waals surface area contributed by atoms with E-state index in [0.717, 1.165) is 31.7 Å². The highest BCUT2D eigenvalue weighted by atomic mass is 35.5. The number of amides is 2. The first-order valence-electron chi connectivity index (χ1n) is 10.2. The molecule has 9 heteroatoms. The molecule has 2 aromatic rings. The van der Waals surface area contributed by atoms with Crippen LogP contribution in [0.4, 0.5) is 5.69 Å². The number of hydrogen-bond donors (Lipinski definition) is 2. The zero-order valence-electron chi connectivity index (χ0n) is 17.3. The van der Waals surface area contributed by atoms with Gasteiger partial charge in [-0.25, -0.2) is 0 Å². The third kappa shape index (κ3) is 5.28. The molecule has 2 N–H and O–H groups in total. The van der Waals surface area contributed by atoms with Crippen molar-refractivity contribution in [2.45, 2.75) is 6.04 Å². The van der Waals surface area contributed by atoms with Crippen molar-refractivity contribution in [1.82, 2.24) is 15.1 Å². The van der Waals surface area contributed by atoms with Crippen molar-refractivity contribution in [3.63, 3.8) is 0 Å². The molecule has 0 spiro atoms. The predicted octanol–water partition coefficient (Wildman–Crippen LogP) is 2.11. The second-order valence-corrected chi connectivity index (χ2v) is 8.08. The van der Waals surface area contributed by atoms with Crippen molar-refractivity contribution in [2.24, 2.45) is 0 Å². The molecule has 164 valence electrons. The molecular formula is C22H25ClN4O4. The maximum absolute atomic E-state index is 12.5. The van der Waals surface area contributed by atoms with Crippen molar-refractivity contribution in [3.8, 4) is 11.5 Å². The molecule has 31 heavy (non-hydrogen) atoms. The number of carbonyl (C=O) groups excluding carboxylic acids is 2. The van der Waals surface area contributed by atoms with Crippen LogP contribution in [-0.4, -0.2) is 68.2 Å². The van der Waals surface area contributed by atoms with E-state index in [4.69, 9.17) is 21.1 Å². The molecule has 0 unspecified atom stereocenters. The van der Waals surface area contributed by atoms with Gasteiger partial charge < -0.3 is 25.0 Å². The summed E-state index contributed by atoms with van der Waals surface area (Å²) >= 11 is 5.86. The van der Waals surface area contributed by atoms with E-state index < -0.39 is 11.8 Å². The van der Waals surface area contributed by atoms with Gasteiger partial charge in [0, 0.05) is 43.4 Å². The summed E-state index contributed by atoms with van der Waals surface area (Å²) in [5.41, 5.74) is 1.52. The number of fused-ring (bicyclic) bond motifs is 1. The molecule has 8 nitrogen and oxygen atoms in total. The Morgan fingerprint density at radius 3 is 2.45 bits per heavy atom. The summed E-state index contributed by atoms with van der Waals surface area (Å²) in [6.45, 7) is 4.11. The second kappa shape index (κ2) is 9.55. The van der Waals surface area contributed by atoms with Crippen LogP contribution in [-0.2, 0) is 9.59 Å². The van der Waals surface area contributed by atoms with Gasteiger partial charge in [0.2, 0.25) is 6.79 Å². The lowest BCUT2D eigenvalue weighted by Crippen LogP contribution is -2.49. The van der Waals surface area contributed by atoms with Crippen LogP contribution in [0.3, 0.4) is 0 Å². The number of ether oxygens (including phenoxy) is 2. The van der Waals surface area contributed by atoms with Crippen molar-refractivity contribution in [1.29, 1.82) is 0 Å². The van der Waals surface area contributed by atoms with E-state index in [0.29, 0.717) is 28.8 Å². The first kappa shape index (κ1) is 21.4. The van der Waals surface area contributed by atoms with Gasteiger partial charge in [-0.15, -0.1) is 0 Å². The fourth-order valence-electron chi connectivity index (χ4n) is 3.70. The average molecular weight is 445 g/mol. The number of anilines is 1. The monoisotopic (exact) mass is 444 g/mol. The van der Waals surface area contributed by atoms with Crippen LogP contribution in [0, 0.1) is 0 Å². The van der Waals surface area contributed by atoms with Crippen LogP contribution < -0.4 is 20.1 Å². The Labute approximate surface area is 186 Å². The van der Waals surface area contributed by atoms with Gasteiger partial charge in [0.15, 0.2) is 11.5 Å². The summed E-state index contributed by atoms with van der Waals surface area (Å²) in [5.74, 6) is 0.00986. The second-order valence-electron chi connectivity index (χ2n) is 7.64. The number of likely N-dealkylation sites (N-methyl/N-ethyl adjacent to an activating group) is 1. The number of rotatable bonds is 5. The number of nitrogens with zero attached hydrogens (tertiary/aromatic N) is 2. The molecule has 2 aromatic carbocycles. The molecule has 4 rings (SSSR count). The van der Waals surface area contributed by atoms with Gasteiger partial charge in [0.25, 0.3) is 0 Å². The lowest BCUT2D eigenvalue weighted by Gasteiger charge is -2.38. The average Bonchev–Trinajstić information content (AvgIpc) is 3.24. The van der Waals surface area contributed by atoms with Gasteiger partial charge in [0.05, 0.1) is 6.04 Å². The van der Waals surface area contributed by atoms with E-state index in [2.05, 4.69) is 27.5 Å². The zero-order valence-corrected chi connectivity index (χ0v) is 18.0. The maximum Gasteiger partial charge on any atom is 0.313 e. The van der Waals surface area contributed by atoms with E-state index in [1.165, 1.54) is 0 Å². The topological polar surface area (TPSA) is 83.1 Å². The minimum absolute atomic E-state index is 0.0875. The number of halogens is 1. The van der Waals surface area contributed by atoms with Crippen molar-refractivity contribution in [3.05, 3.63) is 53.1 Å². The smallest absolute Gasteiger partial charge is 0.313 e. The lowest BCUT2D eigenvalue weighted by molar-refractivity contribution is -0.136. The van der Waals surface area contributed by atoms with E-state index in [1.807, 2.05) is 18.2 Å². The Morgan fingerprint density at radius 1 is 1.00 bits per heavy atom. The highest BCUT2D eigenvalue weighted by Gasteiger charge is 2.27. The maximum atomic E-state index is 12.5. The van der Waals surface area contributed by atoms with Gasteiger partial charge in [-0.05, 0) is 49.0 Å². The summed E-state index contributed by atoms with van der Waals surface area (Å²) in [6, 6.07) is 12.3. The Balaban J connectivity index is 1.43. The Hall–Kier alpha value is -2.81. The van der Waals surface area contributed by atoms with Crippen molar-refractivity contribution in [2.75, 3.05) is 51.9 Å². The molecule has 2 heterocycles. The van der Waals surface area contributed by atoms with E-state index in [1.54, 1.807) is 24.3 Å². The molecular weight excluding hydrogens is 420 g/mol. The fraction of sp³-hybridized carbons (Fsp3) is 0.364. The van der Waals surface area contributed by atoms with Crippen LogP contribution in [0.25, 0.3) is 0 Å². The molecule has 2 aliphatic rings. The molecule has 1 fully saturated rings. The van der Waals surface area contributed by atoms with Gasteiger partial charge in [0.1, 0.15) is 0 Å². The summed E-state index contributed by atoms with van der Waals surface area (Å²) in [4.78, 5) is 29.3. The molecule has 0 bridgehead atoms. The standard InChI is InChI=1S/C22H25ClN4O4/c1-26-8-10-27(11-9-26)18(15-2-7-19-20(12-15)31-14-30-19)13-24-21(28)22(29)25-17-5-3-16(23)4-6-17/h2-7,12,18H,8-11,13-14H2,1H3,(H,24,28)(H,25,29)/t18-/m0/s1. The van der Waals surface area contributed by atoms with Crippen molar-refractivity contribution < 1.29 is 19.1 Å². The Kier molecular flexibility index (Phi) is 6.60. The van der Waals surface area contributed by atoms with Crippen LogP contribution in [0.1, 0.15) is 11.6 Å². The van der Waals surface area contributed by atoms with Crippen molar-refractivity contribution >= 4 is 29.1 Å². The van der Waals surface area contributed by atoms with Gasteiger partial charge in [-0.1, -0.05) is 17.7 Å².